The van der Waals surface area contributed by atoms with E-state index in [1.54, 1.807) is 5.57 Å². The molecule has 2 aliphatic rings. The van der Waals surface area contributed by atoms with E-state index in [9.17, 15) is 5.26 Å². The first-order valence-corrected chi connectivity index (χ1v) is 8.11. The topological polar surface area (TPSA) is 23.8 Å². The summed E-state index contributed by atoms with van der Waals surface area (Å²) in [7, 11) is 0. The molecule has 1 saturated carbocycles. The van der Waals surface area contributed by atoms with Gasteiger partial charge in [-0.05, 0) is 36.7 Å². The van der Waals surface area contributed by atoms with Crippen molar-refractivity contribution < 1.29 is 0 Å². The van der Waals surface area contributed by atoms with Crippen LogP contribution in [-0.4, -0.2) is 0 Å². The third-order valence-electron chi connectivity index (χ3n) is 4.56. The van der Waals surface area contributed by atoms with E-state index in [0.29, 0.717) is 5.92 Å². The lowest BCUT2D eigenvalue weighted by atomic mass is 9.81. The van der Waals surface area contributed by atoms with E-state index in [1.165, 1.54) is 18.4 Å². The third-order valence-corrected chi connectivity index (χ3v) is 4.56. The van der Waals surface area contributed by atoms with E-state index in [0.717, 1.165) is 17.9 Å². The van der Waals surface area contributed by atoms with Gasteiger partial charge in [0.1, 0.15) is 0 Å². The minimum Gasteiger partial charge on any atom is -0.198 e. The zero-order chi connectivity index (χ0) is 15.2. The Balaban J connectivity index is 0.000000774. The Morgan fingerprint density at radius 2 is 1.86 bits per heavy atom. The van der Waals surface area contributed by atoms with Crippen molar-refractivity contribution in [3.05, 3.63) is 59.2 Å². The quantitative estimate of drug-likeness (QED) is 0.704. The van der Waals surface area contributed by atoms with Crippen LogP contribution < -0.4 is 0 Å². The molecule has 1 heteroatoms. The Morgan fingerprint density at radius 3 is 2.52 bits per heavy atom. The summed E-state index contributed by atoms with van der Waals surface area (Å²) in [5.41, 5.74) is 4.21. The largest absolute Gasteiger partial charge is 0.198 e. The molecule has 0 saturated heterocycles. The van der Waals surface area contributed by atoms with Gasteiger partial charge >= 0.3 is 0 Å². The minimum absolute atomic E-state index is 0.00444. The molecule has 1 fully saturated rings. The van der Waals surface area contributed by atoms with Gasteiger partial charge in [0, 0.05) is 0 Å². The van der Waals surface area contributed by atoms with E-state index in [-0.39, 0.29) is 5.92 Å². The third kappa shape index (κ3) is 3.45. The summed E-state index contributed by atoms with van der Waals surface area (Å²) in [6.07, 6.45) is 7.92. The zero-order valence-electron chi connectivity index (χ0n) is 13.3. The maximum Gasteiger partial charge on any atom is 0.0750 e. The van der Waals surface area contributed by atoms with Crippen molar-refractivity contribution in [3.8, 4) is 6.07 Å². The fourth-order valence-corrected chi connectivity index (χ4v) is 3.48. The second-order valence-electron chi connectivity index (χ2n) is 5.86. The molecule has 3 atom stereocenters. The van der Waals surface area contributed by atoms with Crippen LogP contribution in [0.5, 0.6) is 0 Å². The van der Waals surface area contributed by atoms with E-state index in [1.807, 2.05) is 32.0 Å². The molecule has 0 spiro atoms. The fraction of sp³-hybridized carbons (Fsp3) is 0.450. The molecule has 1 nitrogen and oxygen atoms in total. The molecule has 1 aromatic carbocycles. The van der Waals surface area contributed by atoms with Crippen molar-refractivity contribution in [2.45, 2.75) is 46.0 Å². The molecule has 0 aromatic heterocycles. The Bertz CT molecular complexity index is 559. The maximum absolute atomic E-state index is 9.45. The smallest absolute Gasteiger partial charge is 0.0750 e. The maximum atomic E-state index is 9.45. The lowest BCUT2D eigenvalue weighted by Gasteiger charge is -2.22. The lowest BCUT2D eigenvalue weighted by Crippen LogP contribution is -2.11. The van der Waals surface area contributed by atoms with Crippen LogP contribution in [-0.2, 0) is 0 Å². The van der Waals surface area contributed by atoms with Gasteiger partial charge < -0.3 is 0 Å². The number of nitriles is 1. The highest BCUT2D eigenvalue weighted by atomic mass is 14.4. The van der Waals surface area contributed by atoms with Gasteiger partial charge in [0.25, 0.3) is 0 Å². The van der Waals surface area contributed by atoms with Gasteiger partial charge in [-0.1, -0.05) is 74.4 Å². The van der Waals surface area contributed by atoms with Crippen molar-refractivity contribution >= 4 is 0 Å². The predicted molar refractivity (Wildman–Crippen MR) is 88.8 cm³/mol. The molecule has 2 bridgehead atoms. The highest BCUT2D eigenvalue weighted by Crippen LogP contribution is 2.45. The van der Waals surface area contributed by atoms with Gasteiger partial charge in [0.2, 0.25) is 0 Å². The molecule has 3 unspecified atom stereocenters. The Morgan fingerprint density at radius 1 is 1.14 bits per heavy atom. The van der Waals surface area contributed by atoms with Crippen LogP contribution in [0.25, 0.3) is 0 Å². The molecular formula is C20H25N. The van der Waals surface area contributed by atoms with Gasteiger partial charge in [-0.25, -0.2) is 0 Å². The average molecular weight is 279 g/mol. The molecule has 2 aliphatic carbocycles. The van der Waals surface area contributed by atoms with Crippen LogP contribution in [0, 0.1) is 23.2 Å². The summed E-state index contributed by atoms with van der Waals surface area (Å²) < 4.78 is 0. The molecule has 3 rings (SSSR count). The normalized spacial score (nSPS) is 24.1. The van der Waals surface area contributed by atoms with Crippen LogP contribution in [0.3, 0.4) is 0 Å². The highest BCUT2D eigenvalue weighted by Gasteiger charge is 2.32. The summed E-state index contributed by atoms with van der Waals surface area (Å²) in [5.74, 6) is 1.42. The van der Waals surface area contributed by atoms with Gasteiger partial charge in [-0.3, -0.25) is 0 Å². The number of fused-ring (bicyclic) bond motifs is 2. The Labute approximate surface area is 129 Å². The van der Waals surface area contributed by atoms with Crippen LogP contribution in [0.4, 0.5) is 0 Å². The molecule has 21 heavy (non-hydrogen) atoms. The zero-order valence-corrected chi connectivity index (χ0v) is 13.3. The molecule has 110 valence electrons. The molecule has 0 amide bonds. The number of benzene rings is 1. The Hall–Kier alpha value is -1.81. The lowest BCUT2D eigenvalue weighted by molar-refractivity contribution is 0.463. The van der Waals surface area contributed by atoms with Crippen molar-refractivity contribution in [3.63, 3.8) is 0 Å². The van der Waals surface area contributed by atoms with E-state index >= 15 is 0 Å². The van der Waals surface area contributed by atoms with Gasteiger partial charge in [0.15, 0.2) is 0 Å². The van der Waals surface area contributed by atoms with E-state index < -0.39 is 0 Å². The first-order valence-electron chi connectivity index (χ1n) is 8.11. The summed E-state index contributed by atoms with van der Waals surface area (Å²) in [6, 6.07) is 12.7. The number of hydrogen-bond acceptors (Lipinski definition) is 1. The summed E-state index contributed by atoms with van der Waals surface area (Å²) >= 11 is 0. The van der Waals surface area contributed by atoms with Crippen molar-refractivity contribution in [2.75, 3.05) is 0 Å². The van der Waals surface area contributed by atoms with Crippen molar-refractivity contribution in [1.29, 1.82) is 5.26 Å². The van der Waals surface area contributed by atoms with Crippen molar-refractivity contribution in [2.24, 2.45) is 11.8 Å². The van der Waals surface area contributed by atoms with Crippen LogP contribution in [0.1, 0.15) is 51.5 Å². The van der Waals surface area contributed by atoms with E-state index in [4.69, 9.17) is 0 Å². The Kier molecular flexibility index (Phi) is 5.39. The second-order valence-corrected chi connectivity index (χ2v) is 5.86. The summed E-state index contributed by atoms with van der Waals surface area (Å²) in [6.45, 7) is 6.34. The van der Waals surface area contributed by atoms with Gasteiger partial charge in [-0.15, -0.1) is 0 Å². The summed E-state index contributed by atoms with van der Waals surface area (Å²) in [5, 5.41) is 9.45. The van der Waals surface area contributed by atoms with E-state index in [2.05, 4.69) is 37.3 Å². The van der Waals surface area contributed by atoms with Gasteiger partial charge in [-0.2, -0.15) is 5.26 Å². The molecule has 0 radical (unpaired) electrons. The molecule has 0 heterocycles. The van der Waals surface area contributed by atoms with Crippen LogP contribution in [0.15, 0.2) is 53.6 Å². The van der Waals surface area contributed by atoms with Crippen molar-refractivity contribution in [1.82, 2.24) is 0 Å². The van der Waals surface area contributed by atoms with Gasteiger partial charge in [0.05, 0.1) is 12.0 Å². The number of hydrogen-bond donors (Lipinski definition) is 0. The standard InChI is InChI=1S/C18H19N.C2H6/c1-13-9-14-7-8-16(18(13)10-14)11-17(12-19)15-5-3-2-4-6-15;1-2/h2-8,13,17-18H,9-11H2,1H3;1-2H3. The first-order chi connectivity index (χ1) is 10.3. The molecule has 1 aromatic rings. The number of rotatable bonds is 3. The second kappa shape index (κ2) is 7.27. The highest BCUT2D eigenvalue weighted by molar-refractivity contribution is 5.35. The van der Waals surface area contributed by atoms with Crippen LogP contribution >= 0.6 is 0 Å². The number of nitrogens with zero attached hydrogens (tertiary/aromatic N) is 1. The average Bonchev–Trinajstić information content (AvgIpc) is 2.85. The minimum atomic E-state index is -0.00444. The molecule has 0 aliphatic heterocycles. The predicted octanol–water partition coefficient (Wildman–Crippen LogP) is 5.62. The first kappa shape index (κ1) is 15.6. The number of allylic oxidation sites excluding steroid dienone is 4. The summed E-state index contributed by atoms with van der Waals surface area (Å²) in [4.78, 5) is 0. The molecule has 0 N–H and O–H groups in total. The monoisotopic (exact) mass is 279 g/mol. The SMILES string of the molecule is CC.CC1CC2=CC=C(CC(C#N)c3ccccc3)C1C2. The molecular weight excluding hydrogens is 254 g/mol. The fourth-order valence-electron chi connectivity index (χ4n) is 3.48. The van der Waals surface area contributed by atoms with Crippen LogP contribution in [0.2, 0.25) is 0 Å².